The minimum absolute atomic E-state index is 0.00625. The Morgan fingerprint density at radius 2 is 1.95 bits per heavy atom. The normalized spacial score (nSPS) is 12.2. The first kappa shape index (κ1) is 14.5. The van der Waals surface area contributed by atoms with Crippen molar-refractivity contribution in [3.05, 3.63) is 59.4 Å². The van der Waals surface area contributed by atoms with Crippen molar-refractivity contribution in [2.75, 3.05) is 7.11 Å². The SMILES string of the molecule is CCc1cccnc1C(N)CCc1ccc(OC)cc1. The minimum Gasteiger partial charge on any atom is -0.497 e. The maximum Gasteiger partial charge on any atom is 0.118 e. The van der Waals surface area contributed by atoms with Gasteiger partial charge in [0, 0.05) is 12.2 Å². The van der Waals surface area contributed by atoms with E-state index in [0.717, 1.165) is 30.7 Å². The van der Waals surface area contributed by atoms with Crippen LogP contribution in [0.1, 0.15) is 36.2 Å². The maximum atomic E-state index is 6.29. The summed E-state index contributed by atoms with van der Waals surface area (Å²) in [4.78, 5) is 4.44. The van der Waals surface area contributed by atoms with E-state index in [1.54, 1.807) is 7.11 Å². The summed E-state index contributed by atoms with van der Waals surface area (Å²) in [7, 11) is 1.68. The Labute approximate surface area is 120 Å². The van der Waals surface area contributed by atoms with Crippen molar-refractivity contribution < 1.29 is 4.74 Å². The van der Waals surface area contributed by atoms with Crippen molar-refractivity contribution in [1.29, 1.82) is 0 Å². The van der Waals surface area contributed by atoms with Crippen LogP contribution < -0.4 is 10.5 Å². The molecule has 0 aliphatic heterocycles. The summed E-state index contributed by atoms with van der Waals surface area (Å²) in [5, 5.41) is 0. The highest BCUT2D eigenvalue weighted by Gasteiger charge is 2.11. The van der Waals surface area contributed by atoms with Crippen LogP contribution in [0.25, 0.3) is 0 Å². The zero-order valence-electron chi connectivity index (χ0n) is 12.2. The second kappa shape index (κ2) is 7.06. The molecule has 20 heavy (non-hydrogen) atoms. The number of nitrogens with zero attached hydrogens (tertiary/aromatic N) is 1. The van der Waals surface area contributed by atoms with E-state index in [-0.39, 0.29) is 6.04 Å². The van der Waals surface area contributed by atoms with Gasteiger partial charge >= 0.3 is 0 Å². The lowest BCUT2D eigenvalue weighted by molar-refractivity contribution is 0.414. The number of methoxy groups -OCH3 is 1. The number of ether oxygens (including phenoxy) is 1. The number of benzene rings is 1. The van der Waals surface area contributed by atoms with E-state index < -0.39 is 0 Å². The van der Waals surface area contributed by atoms with Gasteiger partial charge < -0.3 is 10.5 Å². The molecular formula is C17H22N2O. The molecule has 1 heterocycles. The van der Waals surface area contributed by atoms with Crippen LogP contribution in [0.4, 0.5) is 0 Å². The van der Waals surface area contributed by atoms with Crippen LogP contribution in [-0.4, -0.2) is 12.1 Å². The van der Waals surface area contributed by atoms with Gasteiger partial charge in [-0.2, -0.15) is 0 Å². The van der Waals surface area contributed by atoms with E-state index in [1.165, 1.54) is 11.1 Å². The van der Waals surface area contributed by atoms with Crippen LogP contribution in [0, 0.1) is 0 Å². The van der Waals surface area contributed by atoms with E-state index in [2.05, 4.69) is 30.1 Å². The molecule has 0 amide bonds. The quantitative estimate of drug-likeness (QED) is 0.876. The molecule has 3 heteroatoms. The maximum absolute atomic E-state index is 6.29. The number of hydrogen-bond donors (Lipinski definition) is 1. The first-order valence-electron chi connectivity index (χ1n) is 7.07. The molecule has 1 atom stereocenters. The molecule has 0 fully saturated rings. The third-order valence-corrected chi connectivity index (χ3v) is 3.56. The molecule has 0 aliphatic rings. The lowest BCUT2D eigenvalue weighted by atomic mass is 9.99. The van der Waals surface area contributed by atoms with Crippen molar-refractivity contribution in [3.63, 3.8) is 0 Å². The van der Waals surface area contributed by atoms with Crippen LogP contribution in [0.15, 0.2) is 42.6 Å². The Morgan fingerprint density at radius 3 is 2.60 bits per heavy atom. The average molecular weight is 270 g/mol. The highest BCUT2D eigenvalue weighted by Crippen LogP contribution is 2.20. The highest BCUT2D eigenvalue weighted by molar-refractivity contribution is 5.28. The zero-order valence-corrected chi connectivity index (χ0v) is 12.2. The molecule has 2 N–H and O–H groups in total. The molecule has 106 valence electrons. The van der Waals surface area contributed by atoms with Gasteiger partial charge in [-0.3, -0.25) is 4.98 Å². The summed E-state index contributed by atoms with van der Waals surface area (Å²) >= 11 is 0. The summed E-state index contributed by atoms with van der Waals surface area (Å²) in [6.07, 6.45) is 4.64. The van der Waals surface area contributed by atoms with Gasteiger partial charge in [0.2, 0.25) is 0 Å². The average Bonchev–Trinajstić information content (AvgIpc) is 2.53. The molecule has 3 nitrogen and oxygen atoms in total. The molecule has 0 bridgehead atoms. The third kappa shape index (κ3) is 3.58. The van der Waals surface area contributed by atoms with E-state index in [4.69, 9.17) is 10.5 Å². The van der Waals surface area contributed by atoms with E-state index in [9.17, 15) is 0 Å². The van der Waals surface area contributed by atoms with Gasteiger partial charge in [-0.15, -0.1) is 0 Å². The number of rotatable bonds is 6. The fourth-order valence-electron chi connectivity index (χ4n) is 2.33. The summed E-state index contributed by atoms with van der Waals surface area (Å²) < 4.78 is 5.16. The topological polar surface area (TPSA) is 48.1 Å². The highest BCUT2D eigenvalue weighted by atomic mass is 16.5. The predicted octanol–water partition coefficient (Wildman–Crippen LogP) is 3.29. The number of pyridine rings is 1. The Balaban J connectivity index is 1.98. The van der Waals surface area contributed by atoms with Crippen molar-refractivity contribution in [3.8, 4) is 5.75 Å². The fourth-order valence-corrected chi connectivity index (χ4v) is 2.33. The van der Waals surface area contributed by atoms with E-state index >= 15 is 0 Å². The largest absolute Gasteiger partial charge is 0.497 e. The Hall–Kier alpha value is -1.87. The van der Waals surface area contributed by atoms with Crippen molar-refractivity contribution >= 4 is 0 Å². The van der Waals surface area contributed by atoms with Crippen LogP contribution in [0.5, 0.6) is 5.75 Å². The molecule has 1 unspecified atom stereocenters. The van der Waals surface area contributed by atoms with Crippen molar-refractivity contribution in [1.82, 2.24) is 4.98 Å². The Morgan fingerprint density at radius 1 is 1.20 bits per heavy atom. The van der Waals surface area contributed by atoms with E-state index in [0.29, 0.717) is 0 Å². The summed E-state index contributed by atoms with van der Waals surface area (Å²) in [5.41, 5.74) is 9.84. The van der Waals surface area contributed by atoms with Crippen LogP contribution in [0.3, 0.4) is 0 Å². The first-order valence-corrected chi connectivity index (χ1v) is 7.07. The monoisotopic (exact) mass is 270 g/mol. The fraction of sp³-hybridized carbons (Fsp3) is 0.353. The standard InChI is InChI=1S/C17H22N2O/c1-3-14-5-4-12-19-17(14)16(18)11-8-13-6-9-15(20-2)10-7-13/h4-7,9-10,12,16H,3,8,11,18H2,1-2H3. The van der Waals surface area contributed by atoms with Crippen LogP contribution >= 0.6 is 0 Å². The van der Waals surface area contributed by atoms with Gasteiger partial charge in [0.15, 0.2) is 0 Å². The van der Waals surface area contributed by atoms with Gasteiger partial charge in [0.1, 0.15) is 5.75 Å². The smallest absolute Gasteiger partial charge is 0.118 e. The third-order valence-electron chi connectivity index (χ3n) is 3.56. The minimum atomic E-state index is -0.00625. The molecule has 0 saturated heterocycles. The predicted molar refractivity (Wildman–Crippen MR) is 81.9 cm³/mol. The lowest BCUT2D eigenvalue weighted by Gasteiger charge is -2.14. The number of hydrogen-bond acceptors (Lipinski definition) is 3. The summed E-state index contributed by atoms with van der Waals surface area (Å²) in [5.74, 6) is 0.885. The van der Waals surface area contributed by atoms with Crippen molar-refractivity contribution in [2.45, 2.75) is 32.2 Å². The van der Waals surface area contributed by atoms with Gasteiger partial charge in [-0.25, -0.2) is 0 Å². The molecule has 0 aliphatic carbocycles. The van der Waals surface area contributed by atoms with Gasteiger partial charge in [0.05, 0.1) is 12.8 Å². The Bertz CT molecular complexity index is 537. The first-order chi connectivity index (χ1) is 9.74. The molecule has 0 saturated carbocycles. The molecule has 1 aromatic heterocycles. The van der Waals surface area contributed by atoms with E-state index in [1.807, 2.05) is 24.4 Å². The lowest BCUT2D eigenvalue weighted by Crippen LogP contribution is -2.15. The summed E-state index contributed by atoms with van der Waals surface area (Å²) in [6.45, 7) is 2.14. The van der Waals surface area contributed by atoms with Gasteiger partial charge in [-0.05, 0) is 48.6 Å². The molecule has 1 aromatic carbocycles. The second-order valence-corrected chi connectivity index (χ2v) is 4.89. The summed E-state index contributed by atoms with van der Waals surface area (Å²) in [6, 6.07) is 12.2. The second-order valence-electron chi connectivity index (χ2n) is 4.89. The zero-order chi connectivity index (χ0) is 14.4. The van der Waals surface area contributed by atoms with Crippen LogP contribution in [-0.2, 0) is 12.8 Å². The molecule has 0 spiro atoms. The van der Waals surface area contributed by atoms with Crippen LogP contribution in [0.2, 0.25) is 0 Å². The number of aromatic nitrogens is 1. The molecular weight excluding hydrogens is 248 g/mol. The van der Waals surface area contributed by atoms with Crippen molar-refractivity contribution in [2.24, 2.45) is 5.73 Å². The Kier molecular flexibility index (Phi) is 5.13. The van der Waals surface area contributed by atoms with Gasteiger partial charge in [0.25, 0.3) is 0 Å². The molecule has 0 radical (unpaired) electrons. The number of nitrogens with two attached hydrogens (primary N) is 1. The molecule has 2 rings (SSSR count). The number of aryl methyl sites for hydroxylation is 2. The van der Waals surface area contributed by atoms with Gasteiger partial charge in [-0.1, -0.05) is 25.1 Å². The molecule has 2 aromatic rings.